The molecule has 1 amide bonds. The molecule has 2 N–H and O–H groups in total. The van der Waals surface area contributed by atoms with Gasteiger partial charge in [0.25, 0.3) is 0 Å². The lowest BCUT2D eigenvalue weighted by atomic mass is 9.97. The van der Waals surface area contributed by atoms with Crippen molar-refractivity contribution < 1.29 is 28.1 Å². The van der Waals surface area contributed by atoms with Crippen molar-refractivity contribution in [2.75, 3.05) is 59.3 Å². The molecule has 216 valence electrons. The molecular formula is C28H57FN2O5. The average Bonchev–Trinajstić information content (AvgIpc) is 2.83. The number of carbonyl (C=O) groups is 1. The predicted molar refractivity (Wildman–Crippen MR) is 145 cm³/mol. The van der Waals surface area contributed by atoms with Crippen LogP contribution in [0.25, 0.3) is 0 Å². The van der Waals surface area contributed by atoms with Crippen LogP contribution in [-0.4, -0.2) is 82.6 Å². The van der Waals surface area contributed by atoms with Gasteiger partial charge in [0.15, 0.2) is 0 Å². The van der Waals surface area contributed by atoms with Crippen LogP contribution in [-0.2, 0) is 23.7 Å². The van der Waals surface area contributed by atoms with Gasteiger partial charge in [-0.3, -0.25) is 4.79 Å². The number of ether oxygens (including phenoxy) is 4. The van der Waals surface area contributed by atoms with Crippen LogP contribution in [0.5, 0.6) is 0 Å². The first-order chi connectivity index (χ1) is 17.1. The number of amides is 1. The second-order valence-corrected chi connectivity index (χ2v) is 10.8. The zero-order valence-corrected chi connectivity index (χ0v) is 24.4. The van der Waals surface area contributed by atoms with Crippen LogP contribution in [0.1, 0.15) is 93.4 Å². The van der Waals surface area contributed by atoms with Crippen molar-refractivity contribution in [2.45, 2.75) is 111 Å². The quantitative estimate of drug-likeness (QED) is 0.164. The maximum atomic E-state index is 14.6. The van der Waals surface area contributed by atoms with Gasteiger partial charge in [-0.2, -0.15) is 0 Å². The topological polar surface area (TPSA) is 78.1 Å². The highest BCUT2D eigenvalue weighted by molar-refractivity contribution is 5.78. The van der Waals surface area contributed by atoms with Crippen LogP contribution >= 0.6 is 0 Å². The third-order valence-electron chi connectivity index (χ3n) is 6.35. The van der Waals surface area contributed by atoms with E-state index in [9.17, 15) is 9.18 Å². The molecule has 2 unspecified atom stereocenters. The van der Waals surface area contributed by atoms with E-state index in [4.69, 9.17) is 18.9 Å². The minimum Gasteiger partial charge on any atom is -0.378 e. The predicted octanol–water partition coefficient (Wildman–Crippen LogP) is 5.06. The molecule has 0 aromatic carbocycles. The largest absolute Gasteiger partial charge is 0.378 e. The lowest BCUT2D eigenvalue weighted by Gasteiger charge is -2.29. The van der Waals surface area contributed by atoms with Crippen molar-refractivity contribution in [3.8, 4) is 0 Å². The number of carbonyl (C=O) groups excluding carboxylic acids is 1. The van der Waals surface area contributed by atoms with Crippen molar-refractivity contribution in [3.05, 3.63) is 0 Å². The molecule has 2 atom stereocenters. The van der Waals surface area contributed by atoms with Gasteiger partial charge in [-0.05, 0) is 40.5 Å². The SMILES string of the molecule is CCCCCC(C)(C)NCCOCCOCCOCCOC(C)(C)C(F)CNC(=O)C(C)CCCC. The van der Waals surface area contributed by atoms with Gasteiger partial charge >= 0.3 is 0 Å². The number of rotatable bonds is 25. The monoisotopic (exact) mass is 520 g/mol. The molecule has 36 heavy (non-hydrogen) atoms. The fraction of sp³-hybridized carbons (Fsp3) is 0.964. The third kappa shape index (κ3) is 19.3. The number of hydrogen-bond acceptors (Lipinski definition) is 6. The van der Waals surface area contributed by atoms with Gasteiger partial charge in [-0.1, -0.05) is 52.9 Å². The Balaban J connectivity index is 3.67. The van der Waals surface area contributed by atoms with E-state index in [2.05, 4.69) is 38.3 Å². The Labute approximate surface area is 220 Å². The summed E-state index contributed by atoms with van der Waals surface area (Å²) < 4.78 is 36.9. The van der Waals surface area contributed by atoms with E-state index in [1.807, 2.05) is 6.92 Å². The molecule has 0 aliphatic carbocycles. The summed E-state index contributed by atoms with van der Waals surface area (Å²) in [5, 5.41) is 6.25. The second kappa shape index (κ2) is 21.2. The smallest absolute Gasteiger partial charge is 0.222 e. The molecule has 0 aliphatic rings. The van der Waals surface area contributed by atoms with Gasteiger partial charge in [-0.15, -0.1) is 0 Å². The van der Waals surface area contributed by atoms with E-state index < -0.39 is 11.8 Å². The second-order valence-electron chi connectivity index (χ2n) is 10.8. The highest BCUT2D eigenvalue weighted by Gasteiger charge is 2.31. The summed E-state index contributed by atoms with van der Waals surface area (Å²) in [6.45, 7) is 18.1. The lowest BCUT2D eigenvalue weighted by molar-refractivity contribution is -0.126. The molecule has 0 aromatic heterocycles. The van der Waals surface area contributed by atoms with E-state index in [1.54, 1.807) is 13.8 Å². The Morgan fingerprint density at radius 1 is 0.833 bits per heavy atom. The molecular weight excluding hydrogens is 463 g/mol. The van der Waals surface area contributed by atoms with Crippen molar-refractivity contribution >= 4 is 5.91 Å². The van der Waals surface area contributed by atoms with Crippen LogP contribution in [0.3, 0.4) is 0 Å². The fourth-order valence-electron chi connectivity index (χ4n) is 3.61. The summed E-state index contributed by atoms with van der Waals surface area (Å²) in [4.78, 5) is 12.1. The van der Waals surface area contributed by atoms with Crippen molar-refractivity contribution in [1.29, 1.82) is 0 Å². The molecule has 0 rings (SSSR count). The van der Waals surface area contributed by atoms with Gasteiger partial charge in [-0.25, -0.2) is 4.39 Å². The first-order valence-corrected chi connectivity index (χ1v) is 14.1. The van der Waals surface area contributed by atoms with Gasteiger partial charge in [0, 0.05) is 18.0 Å². The standard InChI is InChI=1S/C28H57FN2O5/c1-8-10-12-14-27(4,5)31-15-16-33-17-18-34-19-20-35-21-22-36-28(6,7)25(29)23-30-26(32)24(3)13-11-9-2/h24-25,31H,8-23H2,1-7H3,(H,30,32). The number of alkyl halides is 1. The molecule has 0 saturated carbocycles. The van der Waals surface area contributed by atoms with Crippen molar-refractivity contribution in [2.24, 2.45) is 5.92 Å². The first kappa shape index (κ1) is 35.2. The van der Waals surface area contributed by atoms with Crippen molar-refractivity contribution in [3.63, 3.8) is 0 Å². The number of unbranched alkanes of at least 4 members (excludes halogenated alkanes) is 3. The molecule has 0 aromatic rings. The Bertz CT molecular complexity index is 534. The van der Waals surface area contributed by atoms with Crippen molar-refractivity contribution in [1.82, 2.24) is 10.6 Å². The zero-order chi connectivity index (χ0) is 27.3. The highest BCUT2D eigenvalue weighted by atomic mass is 19.1. The van der Waals surface area contributed by atoms with Crippen LogP contribution in [0, 0.1) is 5.92 Å². The summed E-state index contributed by atoms with van der Waals surface area (Å²) in [6.07, 6.45) is 6.53. The van der Waals surface area contributed by atoms with E-state index in [1.165, 1.54) is 25.7 Å². The third-order valence-corrected chi connectivity index (χ3v) is 6.35. The minimum absolute atomic E-state index is 0.0498. The Morgan fingerprint density at radius 2 is 1.39 bits per heavy atom. The lowest BCUT2D eigenvalue weighted by Crippen LogP contribution is -2.45. The maximum Gasteiger partial charge on any atom is 0.222 e. The van der Waals surface area contributed by atoms with Gasteiger partial charge in [0.2, 0.25) is 5.91 Å². The molecule has 8 heteroatoms. The molecule has 0 spiro atoms. The minimum atomic E-state index is -1.30. The van der Waals surface area contributed by atoms with Gasteiger partial charge in [0.05, 0.1) is 58.4 Å². The highest BCUT2D eigenvalue weighted by Crippen LogP contribution is 2.18. The molecule has 0 saturated heterocycles. The number of halogens is 1. The van der Waals surface area contributed by atoms with E-state index in [0.29, 0.717) is 39.6 Å². The summed E-state index contributed by atoms with van der Waals surface area (Å²) >= 11 is 0. The first-order valence-electron chi connectivity index (χ1n) is 14.1. The Hall–Kier alpha value is -0.800. The maximum absolute atomic E-state index is 14.6. The van der Waals surface area contributed by atoms with Gasteiger partial charge in [0.1, 0.15) is 6.17 Å². The van der Waals surface area contributed by atoms with Crippen LogP contribution < -0.4 is 10.6 Å². The van der Waals surface area contributed by atoms with E-state index >= 15 is 0 Å². The summed E-state index contributed by atoms with van der Waals surface area (Å²) in [5.74, 6) is -0.202. The molecule has 7 nitrogen and oxygen atoms in total. The summed E-state index contributed by atoms with van der Waals surface area (Å²) in [5.41, 5.74) is -0.852. The molecule has 0 heterocycles. The van der Waals surface area contributed by atoms with Crippen LogP contribution in [0.15, 0.2) is 0 Å². The average molecular weight is 521 g/mol. The number of nitrogens with one attached hydrogen (secondary N) is 2. The summed E-state index contributed by atoms with van der Waals surface area (Å²) in [6, 6.07) is 0. The molecule has 0 fully saturated rings. The van der Waals surface area contributed by atoms with Crippen LogP contribution in [0.4, 0.5) is 4.39 Å². The fourth-order valence-corrected chi connectivity index (χ4v) is 3.61. The number of hydrogen-bond donors (Lipinski definition) is 2. The van der Waals surface area contributed by atoms with Crippen LogP contribution in [0.2, 0.25) is 0 Å². The Kier molecular flexibility index (Phi) is 20.7. The molecule has 0 aliphatic heterocycles. The van der Waals surface area contributed by atoms with Gasteiger partial charge < -0.3 is 29.6 Å². The normalized spacial score (nSPS) is 14.1. The molecule has 0 bridgehead atoms. The van der Waals surface area contributed by atoms with E-state index in [-0.39, 0.29) is 30.5 Å². The van der Waals surface area contributed by atoms with E-state index in [0.717, 1.165) is 25.8 Å². The zero-order valence-electron chi connectivity index (χ0n) is 24.4. The summed E-state index contributed by atoms with van der Waals surface area (Å²) in [7, 11) is 0. The Morgan fingerprint density at radius 3 is 1.97 bits per heavy atom. The molecule has 0 radical (unpaired) electrons.